The second-order valence-electron chi connectivity index (χ2n) is 3.57. The Labute approximate surface area is 112 Å². The number of carbonyl (C=O) groups excluding carboxylic acids is 1. The maximum Gasteiger partial charge on any atom is 0.356 e. The molecule has 2 aromatic rings. The van der Waals surface area contributed by atoms with Crippen LogP contribution in [-0.2, 0) is 11.8 Å². The molecule has 0 amide bonds. The fraction of sp³-hybridized carbons (Fsp3) is 0.200. The lowest BCUT2D eigenvalue weighted by atomic mass is 10.3. The molecular formula is C10H9N5O5. The van der Waals surface area contributed by atoms with Crippen molar-refractivity contribution >= 4 is 11.7 Å². The second-order valence-corrected chi connectivity index (χ2v) is 3.57. The van der Waals surface area contributed by atoms with Gasteiger partial charge in [-0.1, -0.05) is 0 Å². The molecule has 0 N–H and O–H groups in total. The number of esters is 1. The summed E-state index contributed by atoms with van der Waals surface area (Å²) in [6, 6.07) is 2.14. The van der Waals surface area contributed by atoms with Crippen LogP contribution in [0.1, 0.15) is 10.5 Å². The Morgan fingerprint density at radius 1 is 1.45 bits per heavy atom. The zero-order valence-electron chi connectivity index (χ0n) is 10.5. The molecule has 0 aliphatic heterocycles. The van der Waals surface area contributed by atoms with E-state index in [0.29, 0.717) is 0 Å². The number of nitro groups is 1. The molecule has 0 atom stereocenters. The molecule has 0 aliphatic rings. The van der Waals surface area contributed by atoms with E-state index in [9.17, 15) is 14.9 Å². The molecule has 20 heavy (non-hydrogen) atoms. The summed E-state index contributed by atoms with van der Waals surface area (Å²) in [7, 11) is 2.78. The van der Waals surface area contributed by atoms with Crippen molar-refractivity contribution in [2.24, 2.45) is 7.05 Å². The van der Waals surface area contributed by atoms with Gasteiger partial charge in [0.1, 0.15) is 6.33 Å². The number of aromatic nitrogens is 4. The van der Waals surface area contributed by atoms with Crippen molar-refractivity contribution in [2.45, 2.75) is 0 Å². The Kier molecular flexibility index (Phi) is 3.55. The van der Waals surface area contributed by atoms with Crippen LogP contribution in [0.4, 0.5) is 5.69 Å². The molecule has 2 aromatic heterocycles. The minimum atomic E-state index is -0.737. The summed E-state index contributed by atoms with van der Waals surface area (Å²) < 4.78 is 11.0. The number of aryl methyl sites for hydroxylation is 1. The molecule has 10 nitrogen and oxygen atoms in total. The first kappa shape index (κ1) is 13.4. The van der Waals surface area contributed by atoms with Gasteiger partial charge in [0.2, 0.25) is 0 Å². The number of rotatable bonds is 4. The van der Waals surface area contributed by atoms with Crippen LogP contribution in [0.5, 0.6) is 11.9 Å². The zero-order valence-corrected chi connectivity index (χ0v) is 10.5. The Morgan fingerprint density at radius 2 is 2.20 bits per heavy atom. The summed E-state index contributed by atoms with van der Waals surface area (Å²) in [4.78, 5) is 29.1. The Hall–Kier alpha value is -3.04. The summed E-state index contributed by atoms with van der Waals surface area (Å²) in [6.45, 7) is 0. The van der Waals surface area contributed by atoms with E-state index in [-0.39, 0.29) is 17.6 Å². The maximum absolute atomic E-state index is 11.4. The van der Waals surface area contributed by atoms with Crippen LogP contribution in [0.25, 0.3) is 0 Å². The summed E-state index contributed by atoms with van der Waals surface area (Å²) in [6.07, 6.45) is 1.35. The number of hydrogen-bond donors (Lipinski definition) is 0. The van der Waals surface area contributed by atoms with Gasteiger partial charge in [0.25, 0.3) is 0 Å². The van der Waals surface area contributed by atoms with Crippen LogP contribution in [-0.4, -0.2) is 37.8 Å². The first-order valence-corrected chi connectivity index (χ1v) is 5.28. The highest BCUT2D eigenvalue weighted by molar-refractivity contribution is 5.87. The van der Waals surface area contributed by atoms with Crippen LogP contribution in [0.2, 0.25) is 0 Å². The van der Waals surface area contributed by atoms with E-state index < -0.39 is 16.6 Å². The van der Waals surface area contributed by atoms with Crippen molar-refractivity contribution in [3.8, 4) is 11.9 Å². The quantitative estimate of drug-likeness (QED) is 0.455. The maximum atomic E-state index is 11.4. The van der Waals surface area contributed by atoms with E-state index in [1.54, 1.807) is 7.05 Å². The number of hydrogen-bond acceptors (Lipinski definition) is 8. The molecule has 10 heteroatoms. The number of nitrogens with zero attached hydrogens (tertiary/aromatic N) is 5. The van der Waals surface area contributed by atoms with Gasteiger partial charge in [-0.25, -0.2) is 4.79 Å². The van der Waals surface area contributed by atoms with E-state index in [1.807, 2.05) is 0 Å². The normalized spacial score (nSPS) is 10.1. The summed E-state index contributed by atoms with van der Waals surface area (Å²) in [5.41, 5.74) is -0.533. The molecule has 104 valence electrons. The van der Waals surface area contributed by atoms with Gasteiger partial charge in [0, 0.05) is 13.1 Å². The van der Waals surface area contributed by atoms with Crippen LogP contribution >= 0.6 is 0 Å². The molecule has 2 heterocycles. The summed E-state index contributed by atoms with van der Waals surface area (Å²) in [5, 5.41) is 14.7. The van der Waals surface area contributed by atoms with Crippen molar-refractivity contribution in [3.63, 3.8) is 0 Å². The third-order valence-electron chi connectivity index (χ3n) is 2.20. The van der Waals surface area contributed by atoms with Crippen LogP contribution in [0.3, 0.4) is 0 Å². The molecule has 0 fully saturated rings. The molecule has 0 aromatic carbocycles. The highest BCUT2D eigenvalue weighted by atomic mass is 16.6. The monoisotopic (exact) mass is 279 g/mol. The zero-order chi connectivity index (χ0) is 14.7. The van der Waals surface area contributed by atoms with Crippen molar-refractivity contribution in [1.82, 2.24) is 19.7 Å². The van der Waals surface area contributed by atoms with Gasteiger partial charge in [-0.05, 0) is 6.07 Å². The number of ether oxygens (including phenoxy) is 2. The van der Waals surface area contributed by atoms with Crippen molar-refractivity contribution in [2.75, 3.05) is 7.11 Å². The van der Waals surface area contributed by atoms with Gasteiger partial charge in [-0.2, -0.15) is 9.97 Å². The fourth-order valence-electron chi connectivity index (χ4n) is 1.32. The number of methoxy groups -OCH3 is 1. The smallest absolute Gasteiger partial charge is 0.356 e. The van der Waals surface area contributed by atoms with Gasteiger partial charge < -0.3 is 9.47 Å². The topological polar surface area (TPSA) is 122 Å². The average Bonchev–Trinajstić information content (AvgIpc) is 2.82. The standard InChI is InChI=1S/C10H9N5O5/c1-14-5-11-10(13-14)20-8-7(15(17)18)4-3-6(12-8)9(16)19-2/h3-5H,1-2H3. The van der Waals surface area contributed by atoms with Gasteiger partial charge in [-0.15, -0.1) is 5.10 Å². The minimum absolute atomic E-state index is 0.120. The first-order valence-electron chi connectivity index (χ1n) is 5.28. The molecule has 0 spiro atoms. The van der Waals surface area contributed by atoms with Gasteiger partial charge >= 0.3 is 23.5 Å². The van der Waals surface area contributed by atoms with Crippen LogP contribution in [0.15, 0.2) is 18.5 Å². The van der Waals surface area contributed by atoms with Crippen molar-refractivity contribution in [3.05, 3.63) is 34.3 Å². The summed E-state index contributed by atoms with van der Waals surface area (Å²) in [5.74, 6) is -1.12. The van der Waals surface area contributed by atoms with Crippen molar-refractivity contribution in [1.29, 1.82) is 0 Å². The average molecular weight is 279 g/mol. The fourth-order valence-corrected chi connectivity index (χ4v) is 1.32. The van der Waals surface area contributed by atoms with Crippen LogP contribution in [0, 0.1) is 10.1 Å². The molecule has 0 radical (unpaired) electrons. The molecule has 0 aliphatic carbocycles. The lowest BCUT2D eigenvalue weighted by Crippen LogP contribution is -2.06. The highest BCUT2D eigenvalue weighted by Crippen LogP contribution is 2.27. The third kappa shape index (κ3) is 2.68. The number of pyridine rings is 1. The molecule has 2 rings (SSSR count). The predicted molar refractivity (Wildman–Crippen MR) is 63.3 cm³/mol. The Morgan fingerprint density at radius 3 is 2.75 bits per heavy atom. The van der Waals surface area contributed by atoms with E-state index in [0.717, 1.165) is 6.07 Å². The van der Waals surface area contributed by atoms with Crippen LogP contribution < -0.4 is 4.74 Å². The van der Waals surface area contributed by atoms with Gasteiger partial charge in [0.05, 0.1) is 12.0 Å². The number of carbonyl (C=O) groups is 1. The van der Waals surface area contributed by atoms with E-state index in [4.69, 9.17) is 4.74 Å². The predicted octanol–water partition coefficient (Wildman–Crippen LogP) is 0.697. The Bertz CT molecular complexity index is 668. The van der Waals surface area contributed by atoms with E-state index in [1.165, 1.54) is 24.2 Å². The lowest BCUT2D eigenvalue weighted by Gasteiger charge is -2.03. The van der Waals surface area contributed by atoms with E-state index in [2.05, 4.69) is 19.8 Å². The molecular weight excluding hydrogens is 270 g/mol. The molecule has 0 unspecified atom stereocenters. The molecule has 0 saturated carbocycles. The molecule has 0 bridgehead atoms. The third-order valence-corrected chi connectivity index (χ3v) is 2.20. The minimum Gasteiger partial charge on any atom is -0.464 e. The van der Waals surface area contributed by atoms with E-state index >= 15 is 0 Å². The molecule has 0 saturated heterocycles. The first-order chi connectivity index (χ1) is 9.51. The summed E-state index contributed by atoms with van der Waals surface area (Å²) >= 11 is 0. The van der Waals surface area contributed by atoms with Gasteiger partial charge in [-0.3, -0.25) is 14.8 Å². The second kappa shape index (κ2) is 5.30. The lowest BCUT2D eigenvalue weighted by molar-refractivity contribution is -0.386. The van der Waals surface area contributed by atoms with Gasteiger partial charge in [0.15, 0.2) is 5.69 Å². The highest BCUT2D eigenvalue weighted by Gasteiger charge is 2.22. The largest absolute Gasteiger partial charge is 0.464 e. The van der Waals surface area contributed by atoms with Crippen molar-refractivity contribution < 1.29 is 19.2 Å². The Balaban J connectivity index is 2.41. The SMILES string of the molecule is COC(=O)c1ccc([N+](=O)[O-])c(Oc2ncn(C)n2)n1.